The Bertz CT molecular complexity index is 376. The van der Waals surface area contributed by atoms with Gasteiger partial charge in [-0.1, -0.05) is 30.3 Å². The number of nitrogens with zero attached hydrogens (tertiary/aromatic N) is 1. The Morgan fingerprint density at radius 3 is 2.50 bits per heavy atom. The maximum atomic E-state index is 11.6. The number of amides is 1. The van der Waals surface area contributed by atoms with Crippen LogP contribution in [0.2, 0.25) is 0 Å². The van der Waals surface area contributed by atoms with Gasteiger partial charge in [-0.2, -0.15) is 0 Å². The molecule has 0 atom stereocenters. The highest BCUT2D eigenvalue weighted by molar-refractivity contribution is 5.81. The number of hydrogen-bond donors (Lipinski definition) is 2. The van der Waals surface area contributed by atoms with E-state index in [0.29, 0.717) is 6.54 Å². The average Bonchev–Trinajstić information content (AvgIpc) is 2.36. The maximum Gasteiger partial charge on any atom is 0.240 e. The van der Waals surface area contributed by atoms with Crippen molar-refractivity contribution in [2.45, 2.75) is 20.3 Å². The fraction of sp³-hybridized carbons (Fsp3) is 0.500. The van der Waals surface area contributed by atoms with Crippen molar-refractivity contribution in [3.8, 4) is 0 Å². The molecule has 1 aromatic carbocycles. The summed E-state index contributed by atoms with van der Waals surface area (Å²) in [6.07, 6.45) is 0.984. The molecule has 0 saturated carbocycles. The number of nitrogens with two attached hydrogens (primary N) is 1. The smallest absolute Gasteiger partial charge is 0.240 e. The van der Waals surface area contributed by atoms with Crippen LogP contribution in [-0.4, -0.2) is 30.9 Å². The van der Waals surface area contributed by atoms with Crippen LogP contribution in [0.4, 0.5) is 0 Å². The van der Waals surface area contributed by atoms with Gasteiger partial charge in [0, 0.05) is 13.1 Å². The van der Waals surface area contributed by atoms with Crippen molar-refractivity contribution in [3.63, 3.8) is 0 Å². The van der Waals surface area contributed by atoms with E-state index in [0.717, 1.165) is 13.0 Å². The lowest BCUT2D eigenvalue weighted by Gasteiger charge is -2.28. The first-order valence-corrected chi connectivity index (χ1v) is 6.19. The second-order valence-corrected chi connectivity index (χ2v) is 5.33. The number of benzene rings is 1. The molecule has 1 aromatic rings. The molecular weight excluding hydrogens is 226 g/mol. The van der Waals surface area contributed by atoms with Crippen LogP contribution in [0.15, 0.2) is 30.3 Å². The quantitative estimate of drug-likeness (QED) is 0.452. The maximum absolute atomic E-state index is 11.6. The van der Waals surface area contributed by atoms with Crippen LogP contribution in [0.3, 0.4) is 0 Å². The summed E-state index contributed by atoms with van der Waals surface area (Å²) in [6, 6.07) is 10.3. The van der Waals surface area contributed by atoms with Gasteiger partial charge < -0.3 is 4.90 Å². The van der Waals surface area contributed by atoms with Crippen LogP contribution < -0.4 is 11.3 Å². The molecular formula is C14H23N3O. The summed E-state index contributed by atoms with van der Waals surface area (Å²) in [5.74, 6) is 5.05. The zero-order chi connectivity index (χ0) is 13.6. The predicted molar refractivity (Wildman–Crippen MR) is 73.8 cm³/mol. The molecule has 0 aromatic heterocycles. The fourth-order valence-corrected chi connectivity index (χ4v) is 1.99. The molecule has 4 heteroatoms. The van der Waals surface area contributed by atoms with Gasteiger partial charge >= 0.3 is 0 Å². The van der Waals surface area contributed by atoms with E-state index in [1.807, 2.05) is 39.1 Å². The molecule has 0 aliphatic heterocycles. The summed E-state index contributed by atoms with van der Waals surface area (Å²) in [4.78, 5) is 13.7. The summed E-state index contributed by atoms with van der Waals surface area (Å²) in [5.41, 5.74) is 3.06. The number of nitrogens with one attached hydrogen (secondary N) is 1. The Kier molecular flexibility index (Phi) is 5.31. The van der Waals surface area contributed by atoms with Crippen LogP contribution in [0.25, 0.3) is 0 Å². The molecule has 0 aliphatic carbocycles. The molecule has 0 heterocycles. The topological polar surface area (TPSA) is 58.4 Å². The molecule has 1 amide bonds. The molecule has 0 spiro atoms. The molecule has 0 unspecified atom stereocenters. The van der Waals surface area contributed by atoms with E-state index in [9.17, 15) is 4.79 Å². The minimum atomic E-state index is -0.472. The van der Waals surface area contributed by atoms with Crippen molar-refractivity contribution in [2.75, 3.05) is 20.1 Å². The van der Waals surface area contributed by atoms with E-state index in [2.05, 4.69) is 22.5 Å². The van der Waals surface area contributed by atoms with Gasteiger partial charge in [-0.25, -0.2) is 5.84 Å². The van der Waals surface area contributed by atoms with Crippen LogP contribution >= 0.6 is 0 Å². The first-order valence-electron chi connectivity index (χ1n) is 6.19. The van der Waals surface area contributed by atoms with E-state index in [4.69, 9.17) is 5.84 Å². The Labute approximate surface area is 109 Å². The molecule has 0 radical (unpaired) electrons. The molecule has 100 valence electrons. The summed E-state index contributed by atoms with van der Waals surface area (Å²) >= 11 is 0. The van der Waals surface area contributed by atoms with Crippen molar-refractivity contribution in [1.29, 1.82) is 0 Å². The van der Waals surface area contributed by atoms with Crippen molar-refractivity contribution in [3.05, 3.63) is 35.9 Å². The monoisotopic (exact) mass is 249 g/mol. The standard InChI is InChI=1S/C14H23N3O/c1-14(2,13(18)16-15)11-17(3)10-9-12-7-5-4-6-8-12/h4-8H,9-11,15H2,1-3H3,(H,16,18). The third-order valence-electron chi connectivity index (χ3n) is 3.04. The normalized spacial score (nSPS) is 11.6. The third kappa shape index (κ3) is 4.47. The largest absolute Gasteiger partial charge is 0.305 e. The zero-order valence-corrected chi connectivity index (χ0v) is 11.4. The number of rotatable bonds is 6. The fourth-order valence-electron chi connectivity index (χ4n) is 1.99. The molecule has 3 N–H and O–H groups in total. The molecule has 18 heavy (non-hydrogen) atoms. The Morgan fingerprint density at radius 2 is 1.94 bits per heavy atom. The summed E-state index contributed by atoms with van der Waals surface area (Å²) in [7, 11) is 2.02. The highest BCUT2D eigenvalue weighted by Crippen LogP contribution is 2.16. The SMILES string of the molecule is CN(CCc1ccccc1)CC(C)(C)C(=O)NN. The summed E-state index contributed by atoms with van der Waals surface area (Å²) in [5, 5.41) is 0. The van der Waals surface area contributed by atoms with E-state index in [1.54, 1.807) is 0 Å². The first-order chi connectivity index (χ1) is 8.45. The highest BCUT2D eigenvalue weighted by Gasteiger charge is 2.28. The molecule has 0 fully saturated rings. The predicted octanol–water partition coefficient (Wildman–Crippen LogP) is 1.18. The Hall–Kier alpha value is -1.39. The number of carbonyl (C=O) groups is 1. The summed E-state index contributed by atoms with van der Waals surface area (Å²) < 4.78 is 0. The second kappa shape index (κ2) is 6.52. The summed E-state index contributed by atoms with van der Waals surface area (Å²) in [6.45, 7) is 5.40. The number of carbonyl (C=O) groups excluding carboxylic acids is 1. The van der Waals surface area contributed by atoms with Crippen LogP contribution in [0.1, 0.15) is 19.4 Å². The van der Waals surface area contributed by atoms with E-state index in [1.165, 1.54) is 5.56 Å². The van der Waals surface area contributed by atoms with Crippen molar-refractivity contribution in [1.82, 2.24) is 10.3 Å². The van der Waals surface area contributed by atoms with Gasteiger partial charge in [-0.3, -0.25) is 10.2 Å². The van der Waals surface area contributed by atoms with Crippen molar-refractivity contribution < 1.29 is 4.79 Å². The van der Waals surface area contributed by atoms with Gasteiger partial charge in [0.05, 0.1) is 5.41 Å². The third-order valence-corrected chi connectivity index (χ3v) is 3.04. The Balaban J connectivity index is 2.42. The molecule has 1 rings (SSSR count). The van der Waals surface area contributed by atoms with Crippen LogP contribution in [0, 0.1) is 5.41 Å². The minimum Gasteiger partial charge on any atom is -0.305 e. The average molecular weight is 249 g/mol. The Morgan fingerprint density at radius 1 is 1.33 bits per heavy atom. The van der Waals surface area contributed by atoms with Gasteiger partial charge in [-0.05, 0) is 32.9 Å². The highest BCUT2D eigenvalue weighted by atomic mass is 16.2. The first kappa shape index (κ1) is 14.7. The van der Waals surface area contributed by atoms with Crippen molar-refractivity contribution in [2.24, 2.45) is 11.3 Å². The number of hydrogen-bond acceptors (Lipinski definition) is 3. The number of hydrazine groups is 1. The van der Waals surface area contributed by atoms with Crippen LogP contribution in [0.5, 0.6) is 0 Å². The lowest BCUT2D eigenvalue weighted by atomic mass is 9.92. The van der Waals surface area contributed by atoms with Crippen LogP contribution in [-0.2, 0) is 11.2 Å². The van der Waals surface area contributed by atoms with Gasteiger partial charge in [-0.15, -0.1) is 0 Å². The van der Waals surface area contributed by atoms with Gasteiger partial charge in [0.1, 0.15) is 0 Å². The van der Waals surface area contributed by atoms with Gasteiger partial charge in [0.25, 0.3) is 0 Å². The zero-order valence-electron chi connectivity index (χ0n) is 11.4. The molecule has 4 nitrogen and oxygen atoms in total. The molecule has 0 saturated heterocycles. The van der Waals surface area contributed by atoms with E-state index in [-0.39, 0.29) is 5.91 Å². The van der Waals surface area contributed by atoms with Crippen molar-refractivity contribution >= 4 is 5.91 Å². The van der Waals surface area contributed by atoms with E-state index < -0.39 is 5.41 Å². The second-order valence-electron chi connectivity index (χ2n) is 5.33. The van der Waals surface area contributed by atoms with E-state index >= 15 is 0 Å². The minimum absolute atomic E-state index is 0.130. The molecule has 0 aliphatic rings. The van der Waals surface area contributed by atoms with Gasteiger partial charge in [0.2, 0.25) is 5.91 Å². The van der Waals surface area contributed by atoms with Gasteiger partial charge in [0.15, 0.2) is 0 Å². The lowest BCUT2D eigenvalue weighted by molar-refractivity contribution is -0.130. The molecule has 0 bridgehead atoms. The lowest BCUT2D eigenvalue weighted by Crippen LogP contribution is -2.46. The number of likely N-dealkylation sites (N-methyl/N-ethyl adjacent to an activating group) is 1.